The van der Waals surface area contributed by atoms with Gasteiger partial charge in [-0.3, -0.25) is 9.36 Å². The largest absolute Gasteiger partial charge is 0.337 e. The second-order valence-corrected chi connectivity index (χ2v) is 5.31. The highest BCUT2D eigenvalue weighted by atomic mass is 16.2. The summed E-state index contributed by atoms with van der Waals surface area (Å²) in [4.78, 5) is 29.9. The summed E-state index contributed by atoms with van der Waals surface area (Å²) in [5.41, 5.74) is 1.73. The van der Waals surface area contributed by atoms with Gasteiger partial charge >= 0.3 is 5.69 Å². The Labute approximate surface area is 132 Å². The fraction of sp³-hybridized carbons (Fsp3) is 0.235. The van der Waals surface area contributed by atoms with Gasteiger partial charge in [-0.2, -0.15) is 0 Å². The minimum atomic E-state index is -0.405. The first-order valence-electron chi connectivity index (χ1n) is 7.47. The maximum absolute atomic E-state index is 12.9. The molecule has 1 aromatic carbocycles. The van der Waals surface area contributed by atoms with E-state index in [-0.39, 0.29) is 12.1 Å². The van der Waals surface area contributed by atoms with Crippen LogP contribution in [0.25, 0.3) is 16.9 Å². The molecule has 0 spiro atoms. The van der Waals surface area contributed by atoms with Crippen LogP contribution >= 0.6 is 0 Å². The standard InChI is InChI=1S/C17H18N4O2/c1-4-10-20-16(22)14-15(18-11-19(14)5-2)21(17(20)23)13-9-7-6-8-12(13)3/h4,6-9,11H,1,5,10H2,2-3H3. The molecule has 0 atom stereocenters. The van der Waals surface area contributed by atoms with Crippen molar-refractivity contribution in [3.8, 4) is 5.69 Å². The van der Waals surface area contributed by atoms with E-state index >= 15 is 0 Å². The molecule has 0 aliphatic carbocycles. The van der Waals surface area contributed by atoms with E-state index in [1.807, 2.05) is 38.1 Å². The van der Waals surface area contributed by atoms with E-state index in [0.717, 1.165) is 11.3 Å². The molecule has 6 heteroatoms. The van der Waals surface area contributed by atoms with Gasteiger partial charge in [0.2, 0.25) is 0 Å². The zero-order chi connectivity index (χ0) is 16.6. The molecule has 3 rings (SSSR count). The second kappa shape index (κ2) is 5.72. The lowest BCUT2D eigenvalue weighted by Crippen LogP contribution is -2.40. The van der Waals surface area contributed by atoms with Crippen molar-refractivity contribution in [2.45, 2.75) is 26.9 Å². The van der Waals surface area contributed by atoms with E-state index in [4.69, 9.17) is 0 Å². The van der Waals surface area contributed by atoms with Crippen LogP contribution in [-0.2, 0) is 13.1 Å². The average Bonchev–Trinajstić information content (AvgIpc) is 2.97. The summed E-state index contributed by atoms with van der Waals surface area (Å²) in [5, 5.41) is 0. The molecule has 6 nitrogen and oxygen atoms in total. The third kappa shape index (κ3) is 2.23. The fourth-order valence-corrected chi connectivity index (χ4v) is 2.74. The van der Waals surface area contributed by atoms with Crippen molar-refractivity contribution in [1.29, 1.82) is 0 Å². The van der Waals surface area contributed by atoms with Gasteiger partial charge in [-0.05, 0) is 25.5 Å². The van der Waals surface area contributed by atoms with Crippen molar-refractivity contribution in [1.82, 2.24) is 18.7 Å². The first-order valence-corrected chi connectivity index (χ1v) is 7.47. The number of hydrogen-bond acceptors (Lipinski definition) is 3. The number of allylic oxidation sites excluding steroid dienone is 1. The van der Waals surface area contributed by atoms with Crippen LogP contribution in [0.1, 0.15) is 12.5 Å². The summed E-state index contributed by atoms with van der Waals surface area (Å²) < 4.78 is 4.45. The Bertz CT molecular complexity index is 1010. The normalized spacial score (nSPS) is 11.0. The van der Waals surface area contributed by atoms with Crippen LogP contribution < -0.4 is 11.2 Å². The predicted octanol–water partition coefficient (Wildman–Crippen LogP) is 1.86. The van der Waals surface area contributed by atoms with Gasteiger partial charge in [0.05, 0.1) is 12.0 Å². The Morgan fingerprint density at radius 2 is 2.00 bits per heavy atom. The fourth-order valence-electron chi connectivity index (χ4n) is 2.74. The lowest BCUT2D eigenvalue weighted by molar-refractivity contribution is 0.687. The van der Waals surface area contributed by atoms with Crippen molar-refractivity contribution in [3.63, 3.8) is 0 Å². The molecule has 2 aromatic heterocycles. The molecule has 0 amide bonds. The highest BCUT2D eigenvalue weighted by Gasteiger charge is 2.18. The highest BCUT2D eigenvalue weighted by Crippen LogP contribution is 2.16. The van der Waals surface area contributed by atoms with Gasteiger partial charge < -0.3 is 4.57 Å². The van der Waals surface area contributed by atoms with Gasteiger partial charge in [0.1, 0.15) is 0 Å². The molecule has 118 valence electrons. The molecule has 0 radical (unpaired) electrons. The van der Waals surface area contributed by atoms with Gasteiger partial charge in [-0.1, -0.05) is 24.3 Å². The number of hydrogen-bond donors (Lipinski definition) is 0. The second-order valence-electron chi connectivity index (χ2n) is 5.31. The van der Waals surface area contributed by atoms with Crippen LogP contribution in [0, 0.1) is 6.92 Å². The lowest BCUT2D eigenvalue weighted by Gasteiger charge is -2.13. The molecule has 0 aliphatic heterocycles. The number of para-hydroxylation sites is 1. The SMILES string of the molecule is C=CCn1c(=O)c2c(ncn2CC)n(-c2ccccc2C)c1=O. The van der Waals surface area contributed by atoms with Gasteiger partial charge in [-0.15, -0.1) is 6.58 Å². The molecule has 0 aliphatic rings. The van der Waals surface area contributed by atoms with Crippen LogP contribution in [0.4, 0.5) is 0 Å². The van der Waals surface area contributed by atoms with Gasteiger partial charge in [-0.25, -0.2) is 14.3 Å². The monoisotopic (exact) mass is 310 g/mol. The molecule has 0 bridgehead atoms. The number of aromatic nitrogens is 4. The van der Waals surface area contributed by atoms with E-state index in [2.05, 4.69) is 11.6 Å². The van der Waals surface area contributed by atoms with Crippen LogP contribution in [0.5, 0.6) is 0 Å². The zero-order valence-electron chi connectivity index (χ0n) is 13.2. The summed E-state index contributed by atoms with van der Waals surface area (Å²) in [6.07, 6.45) is 3.14. The summed E-state index contributed by atoms with van der Waals surface area (Å²) in [5.74, 6) is 0. The zero-order valence-corrected chi connectivity index (χ0v) is 13.2. The Morgan fingerprint density at radius 3 is 2.65 bits per heavy atom. The predicted molar refractivity (Wildman–Crippen MR) is 90.2 cm³/mol. The van der Waals surface area contributed by atoms with Crippen LogP contribution in [0.3, 0.4) is 0 Å². The number of rotatable bonds is 4. The molecule has 3 aromatic rings. The topological polar surface area (TPSA) is 61.8 Å². The molecular weight excluding hydrogens is 292 g/mol. The Balaban J connectivity index is 2.54. The molecule has 2 heterocycles. The lowest BCUT2D eigenvalue weighted by atomic mass is 10.2. The third-order valence-corrected chi connectivity index (χ3v) is 3.91. The third-order valence-electron chi connectivity index (χ3n) is 3.91. The number of imidazole rings is 1. The van der Waals surface area contributed by atoms with Gasteiger partial charge in [0, 0.05) is 13.1 Å². The van der Waals surface area contributed by atoms with Crippen LogP contribution in [-0.4, -0.2) is 18.7 Å². The van der Waals surface area contributed by atoms with Crippen molar-refractivity contribution < 1.29 is 0 Å². The summed E-state index contributed by atoms with van der Waals surface area (Å²) in [6.45, 7) is 8.26. The number of aryl methyl sites for hydroxylation is 2. The minimum Gasteiger partial charge on any atom is -0.325 e. The molecule has 0 saturated heterocycles. The Morgan fingerprint density at radius 1 is 1.26 bits per heavy atom. The molecule has 0 fully saturated rings. The average molecular weight is 310 g/mol. The van der Waals surface area contributed by atoms with Crippen LogP contribution in [0.15, 0.2) is 52.8 Å². The van der Waals surface area contributed by atoms with E-state index in [9.17, 15) is 9.59 Å². The summed E-state index contributed by atoms with van der Waals surface area (Å²) in [6, 6.07) is 7.54. The van der Waals surface area contributed by atoms with Crippen molar-refractivity contribution >= 4 is 11.2 Å². The van der Waals surface area contributed by atoms with Crippen molar-refractivity contribution in [2.24, 2.45) is 0 Å². The van der Waals surface area contributed by atoms with E-state index in [1.54, 1.807) is 17.0 Å². The van der Waals surface area contributed by atoms with E-state index in [1.165, 1.54) is 9.13 Å². The number of benzene rings is 1. The van der Waals surface area contributed by atoms with Crippen LogP contribution in [0.2, 0.25) is 0 Å². The molecule has 0 N–H and O–H groups in total. The summed E-state index contributed by atoms with van der Waals surface area (Å²) in [7, 11) is 0. The molecule has 0 unspecified atom stereocenters. The molecular formula is C17H18N4O2. The van der Waals surface area contributed by atoms with E-state index < -0.39 is 5.69 Å². The van der Waals surface area contributed by atoms with Gasteiger partial charge in [0.15, 0.2) is 11.2 Å². The maximum atomic E-state index is 12.9. The Kier molecular flexibility index (Phi) is 3.73. The van der Waals surface area contributed by atoms with Crippen molar-refractivity contribution in [2.75, 3.05) is 0 Å². The van der Waals surface area contributed by atoms with Crippen molar-refractivity contribution in [3.05, 3.63) is 69.6 Å². The quantitative estimate of drug-likeness (QED) is 0.691. The first kappa shape index (κ1) is 15.0. The van der Waals surface area contributed by atoms with E-state index in [0.29, 0.717) is 17.7 Å². The number of fused-ring (bicyclic) bond motifs is 1. The summed E-state index contributed by atoms with van der Waals surface area (Å²) >= 11 is 0. The first-order chi connectivity index (χ1) is 11.1. The smallest absolute Gasteiger partial charge is 0.325 e. The molecule has 0 saturated carbocycles. The van der Waals surface area contributed by atoms with Gasteiger partial charge in [0.25, 0.3) is 5.56 Å². The molecule has 23 heavy (non-hydrogen) atoms. The highest BCUT2D eigenvalue weighted by molar-refractivity contribution is 5.72. The maximum Gasteiger partial charge on any atom is 0.337 e. The number of nitrogens with zero attached hydrogens (tertiary/aromatic N) is 4. The minimum absolute atomic E-state index is 0.161. The Hall–Kier alpha value is -2.89.